The molecule has 2 heterocycles. The molecule has 0 spiro atoms. The van der Waals surface area contributed by atoms with Gasteiger partial charge in [0.1, 0.15) is 0 Å². The lowest BCUT2D eigenvalue weighted by atomic mass is 10.1. The van der Waals surface area contributed by atoms with Crippen molar-refractivity contribution in [3.63, 3.8) is 0 Å². The van der Waals surface area contributed by atoms with Gasteiger partial charge in [0.05, 0.1) is 17.4 Å². The fraction of sp³-hybridized carbons (Fsp3) is 0.364. The maximum Gasteiger partial charge on any atom is 0.337 e. The summed E-state index contributed by atoms with van der Waals surface area (Å²) in [5, 5.41) is 12.5. The number of aromatic nitrogens is 1. The molecule has 19 heavy (non-hydrogen) atoms. The Bertz CT molecular complexity index is 567. The van der Waals surface area contributed by atoms with Gasteiger partial charge >= 0.3 is 5.97 Å². The number of carboxylic acids is 1. The van der Waals surface area contributed by atoms with E-state index in [2.05, 4.69) is 15.0 Å². The molecule has 0 aromatic carbocycles. The van der Waals surface area contributed by atoms with E-state index in [-0.39, 0.29) is 36.0 Å². The Morgan fingerprint density at radius 1 is 1.68 bits per heavy atom. The predicted octanol–water partition coefficient (Wildman–Crippen LogP) is 1.44. The Labute approximate surface area is 108 Å². The first-order chi connectivity index (χ1) is 9.13. The molecule has 1 atom stereocenters. The second-order valence-electron chi connectivity index (χ2n) is 4.19. The van der Waals surface area contributed by atoms with E-state index >= 15 is 0 Å². The first-order valence-electron chi connectivity index (χ1n) is 5.62. The van der Waals surface area contributed by atoms with Crippen molar-refractivity contribution in [3.05, 3.63) is 34.5 Å². The Hall–Kier alpha value is -2.60. The highest BCUT2D eigenvalue weighted by Crippen LogP contribution is 2.27. The van der Waals surface area contributed by atoms with Crippen LogP contribution in [0.5, 0.6) is 0 Å². The number of carbonyl (C=O) groups is 2. The summed E-state index contributed by atoms with van der Waals surface area (Å²) in [6.07, 6.45) is 2.97. The highest BCUT2D eigenvalue weighted by molar-refractivity contribution is 6.02. The Morgan fingerprint density at radius 3 is 3.16 bits per heavy atom. The summed E-state index contributed by atoms with van der Waals surface area (Å²) >= 11 is 0. The van der Waals surface area contributed by atoms with Gasteiger partial charge in [0.15, 0.2) is 0 Å². The summed E-state index contributed by atoms with van der Waals surface area (Å²) in [5.41, 5.74) is 8.58. The van der Waals surface area contributed by atoms with Crippen LogP contribution in [0, 0.1) is 5.92 Å². The first kappa shape index (κ1) is 12.8. The van der Waals surface area contributed by atoms with Crippen LogP contribution in [0.1, 0.15) is 16.8 Å². The van der Waals surface area contributed by atoms with Crippen molar-refractivity contribution in [2.75, 3.05) is 18.0 Å². The van der Waals surface area contributed by atoms with Crippen LogP contribution in [0.3, 0.4) is 0 Å². The van der Waals surface area contributed by atoms with E-state index in [0.29, 0.717) is 6.54 Å². The lowest BCUT2D eigenvalue weighted by molar-refractivity contribution is -0.117. The van der Waals surface area contributed by atoms with Crippen molar-refractivity contribution in [2.24, 2.45) is 11.0 Å². The molecular formula is C11H11N5O3. The highest BCUT2D eigenvalue weighted by Gasteiger charge is 2.32. The van der Waals surface area contributed by atoms with Crippen LogP contribution in [0.4, 0.5) is 5.69 Å². The van der Waals surface area contributed by atoms with Crippen molar-refractivity contribution in [2.45, 2.75) is 6.42 Å². The molecule has 1 aromatic rings. The largest absolute Gasteiger partial charge is 0.478 e. The van der Waals surface area contributed by atoms with E-state index in [0.717, 1.165) is 0 Å². The molecule has 0 radical (unpaired) electrons. The van der Waals surface area contributed by atoms with Crippen LogP contribution in [0.15, 0.2) is 23.6 Å². The molecule has 1 unspecified atom stereocenters. The third-order valence-corrected chi connectivity index (χ3v) is 2.93. The molecule has 8 nitrogen and oxygen atoms in total. The minimum Gasteiger partial charge on any atom is -0.478 e. The van der Waals surface area contributed by atoms with Gasteiger partial charge in [0, 0.05) is 30.6 Å². The van der Waals surface area contributed by atoms with Crippen molar-refractivity contribution in [1.82, 2.24) is 4.98 Å². The quantitative estimate of drug-likeness (QED) is 0.501. The molecule has 2 rings (SSSR count). The van der Waals surface area contributed by atoms with E-state index in [4.69, 9.17) is 10.6 Å². The maximum absolute atomic E-state index is 11.9. The predicted molar refractivity (Wildman–Crippen MR) is 65.7 cm³/mol. The molecule has 1 aromatic heterocycles. The van der Waals surface area contributed by atoms with E-state index in [1.54, 1.807) is 0 Å². The molecular weight excluding hydrogens is 250 g/mol. The number of carbonyl (C=O) groups excluding carboxylic acids is 1. The molecule has 98 valence electrons. The SMILES string of the molecule is [N-]=[N+]=NCC1CC(=O)N(c2cnccc2C(=O)O)C1. The molecule has 1 fully saturated rings. The smallest absolute Gasteiger partial charge is 0.337 e. The van der Waals surface area contributed by atoms with Gasteiger partial charge in [0.25, 0.3) is 0 Å². The molecule has 0 bridgehead atoms. The summed E-state index contributed by atoms with van der Waals surface area (Å²) in [7, 11) is 0. The summed E-state index contributed by atoms with van der Waals surface area (Å²) < 4.78 is 0. The maximum atomic E-state index is 11.9. The molecule has 1 aliphatic heterocycles. The number of pyridine rings is 1. The van der Waals surface area contributed by atoms with Crippen LogP contribution in [-0.2, 0) is 4.79 Å². The van der Waals surface area contributed by atoms with Gasteiger partial charge in [-0.05, 0) is 17.5 Å². The second kappa shape index (κ2) is 5.36. The van der Waals surface area contributed by atoms with Gasteiger partial charge in [-0.2, -0.15) is 0 Å². The summed E-state index contributed by atoms with van der Waals surface area (Å²) in [4.78, 5) is 30.9. The van der Waals surface area contributed by atoms with E-state index in [1.165, 1.54) is 23.4 Å². The van der Waals surface area contributed by atoms with E-state index in [1.807, 2.05) is 0 Å². The number of anilines is 1. The zero-order valence-corrected chi connectivity index (χ0v) is 9.93. The summed E-state index contributed by atoms with van der Waals surface area (Å²) in [6, 6.07) is 1.35. The molecule has 1 amide bonds. The summed E-state index contributed by atoms with van der Waals surface area (Å²) in [5.74, 6) is -1.39. The number of amides is 1. The Balaban J connectivity index is 2.25. The minimum atomic E-state index is -1.11. The van der Waals surface area contributed by atoms with Gasteiger partial charge < -0.3 is 10.0 Å². The number of rotatable bonds is 4. The fourth-order valence-electron chi connectivity index (χ4n) is 2.07. The van der Waals surface area contributed by atoms with Gasteiger partial charge in [-0.15, -0.1) is 0 Å². The topological polar surface area (TPSA) is 119 Å². The van der Waals surface area contributed by atoms with Gasteiger partial charge in [-0.1, -0.05) is 5.11 Å². The van der Waals surface area contributed by atoms with Crippen molar-refractivity contribution in [1.29, 1.82) is 0 Å². The van der Waals surface area contributed by atoms with Crippen LogP contribution < -0.4 is 4.90 Å². The van der Waals surface area contributed by atoms with Crippen LogP contribution in [0.2, 0.25) is 0 Å². The zero-order valence-electron chi connectivity index (χ0n) is 9.93. The monoisotopic (exact) mass is 261 g/mol. The number of nitrogens with zero attached hydrogens (tertiary/aromatic N) is 5. The standard InChI is InChI=1S/C11H11N5O3/c12-15-14-4-7-3-10(17)16(6-7)9-5-13-2-1-8(9)11(18)19/h1-2,5,7H,3-4,6H2,(H,18,19). The number of hydrogen-bond donors (Lipinski definition) is 1. The number of hydrogen-bond acceptors (Lipinski definition) is 4. The van der Waals surface area contributed by atoms with Crippen LogP contribution in [0.25, 0.3) is 10.4 Å². The van der Waals surface area contributed by atoms with Gasteiger partial charge in [-0.25, -0.2) is 4.79 Å². The summed E-state index contributed by atoms with van der Waals surface area (Å²) in [6.45, 7) is 0.561. The average molecular weight is 261 g/mol. The van der Waals surface area contributed by atoms with Crippen molar-refractivity contribution < 1.29 is 14.7 Å². The number of azide groups is 1. The fourth-order valence-corrected chi connectivity index (χ4v) is 2.07. The number of aromatic carboxylic acids is 1. The molecule has 1 N–H and O–H groups in total. The van der Waals surface area contributed by atoms with Crippen LogP contribution >= 0.6 is 0 Å². The molecule has 0 aliphatic carbocycles. The lowest BCUT2D eigenvalue weighted by Gasteiger charge is -2.17. The third-order valence-electron chi connectivity index (χ3n) is 2.93. The molecule has 1 saturated heterocycles. The second-order valence-corrected chi connectivity index (χ2v) is 4.19. The zero-order chi connectivity index (χ0) is 13.8. The Kier molecular flexibility index (Phi) is 3.63. The minimum absolute atomic E-state index is 0.0350. The normalized spacial score (nSPS) is 18.2. The van der Waals surface area contributed by atoms with Gasteiger partial charge in [0.2, 0.25) is 5.91 Å². The van der Waals surface area contributed by atoms with Crippen LogP contribution in [-0.4, -0.2) is 35.1 Å². The molecule has 0 saturated carbocycles. The van der Waals surface area contributed by atoms with Crippen molar-refractivity contribution >= 4 is 17.6 Å². The van der Waals surface area contributed by atoms with Crippen molar-refractivity contribution in [3.8, 4) is 0 Å². The van der Waals surface area contributed by atoms with E-state index < -0.39 is 5.97 Å². The Morgan fingerprint density at radius 2 is 2.47 bits per heavy atom. The molecule has 8 heteroatoms. The lowest BCUT2D eigenvalue weighted by Crippen LogP contribution is -2.27. The first-order valence-corrected chi connectivity index (χ1v) is 5.62. The number of carboxylic acid groups (broad SMARTS) is 1. The highest BCUT2D eigenvalue weighted by atomic mass is 16.4. The van der Waals surface area contributed by atoms with E-state index in [9.17, 15) is 9.59 Å². The molecule has 1 aliphatic rings. The third kappa shape index (κ3) is 2.63. The average Bonchev–Trinajstić information content (AvgIpc) is 2.77. The van der Waals surface area contributed by atoms with Gasteiger partial charge in [-0.3, -0.25) is 9.78 Å².